The Morgan fingerprint density at radius 1 is 1.06 bits per heavy atom. The number of hydrogen-bond acceptors (Lipinski definition) is 6. The maximum absolute atomic E-state index is 11.4. The molecule has 0 rings (SSSR count). The van der Waals surface area contributed by atoms with Crippen LogP contribution in [0.3, 0.4) is 0 Å². The van der Waals surface area contributed by atoms with Crippen LogP contribution in [0, 0.1) is 0 Å². The van der Waals surface area contributed by atoms with Crippen molar-refractivity contribution in [1.82, 2.24) is 9.44 Å². The van der Waals surface area contributed by atoms with Gasteiger partial charge in [0, 0.05) is 13.1 Å². The smallest absolute Gasteiger partial charge is 0.211 e. The Balaban J connectivity index is 3.68. The molecule has 0 atom stereocenters. The van der Waals surface area contributed by atoms with Gasteiger partial charge in [0.25, 0.3) is 0 Å². The molecule has 18 heavy (non-hydrogen) atoms. The van der Waals surface area contributed by atoms with Crippen molar-refractivity contribution in [3.8, 4) is 0 Å². The molecule has 0 aliphatic rings. The molecule has 0 saturated carbocycles. The molecule has 0 aliphatic heterocycles. The van der Waals surface area contributed by atoms with Gasteiger partial charge in [-0.05, 0) is 6.42 Å². The maximum Gasteiger partial charge on any atom is 0.211 e. The van der Waals surface area contributed by atoms with Crippen molar-refractivity contribution >= 4 is 20.0 Å². The minimum atomic E-state index is -3.41. The molecule has 0 fully saturated rings. The lowest BCUT2D eigenvalue weighted by atomic mass is 10.5. The number of hydrogen-bond donors (Lipinski definition) is 3. The van der Waals surface area contributed by atoms with E-state index in [1.807, 2.05) is 0 Å². The van der Waals surface area contributed by atoms with E-state index in [2.05, 4.69) is 9.44 Å². The van der Waals surface area contributed by atoms with Crippen LogP contribution in [-0.4, -0.2) is 66.9 Å². The molecule has 0 aromatic rings. The van der Waals surface area contributed by atoms with Gasteiger partial charge in [-0.1, -0.05) is 0 Å². The number of aliphatic hydroxyl groups excluding tert-OH is 1. The monoisotopic (exact) mass is 304 g/mol. The third kappa shape index (κ3) is 12.2. The Kier molecular flexibility index (Phi) is 8.65. The second-order valence-electron chi connectivity index (χ2n) is 3.57. The van der Waals surface area contributed by atoms with Gasteiger partial charge in [-0.2, -0.15) is 0 Å². The molecule has 0 aromatic carbocycles. The fraction of sp³-hybridized carbons (Fsp3) is 1.00. The molecule has 0 radical (unpaired) electrons. The molecule has 0 bridgehead atoms. The van der Waals surface area contributed by atoms with Crippen molar-refractivity contribution in [3.63, 3.8) is 0 Å². The first kappa shape index (κ1) is 17.7. The van der Waals surface area contributed by atoms with E-state index < -0.39 is 20.0 Å². The summed E-state index contributed by atoms with van der Waals surface area (Å²) in [6.07, 6.45) is 1.21. The van der Waals surface area contributed by atoms with Gasteiger partial charge in [0.2, 0.25) is 20.0 Å². The predicted octanol–water partition coefficient (Wildman–Crippen LogP) is -2.15. The van der Waals surface area contributed by atoms with Crippen LogP contribution >= 0.6 is 0 Å². The van der Waals surface area contributed by atoms with Gasteiger partial charge in [-0.25, -0.2) is 26.3 Å². The molecule has 0 saturated heterocycles. The van der Waals surface area contributed by atoms with E-state index >= 15 is 0 Å². The minimum absolute atomic E-state index is 0.0841. The lowest BCUT2D eigenvalue weighted by molar-refractivity contribution is 0.0961. The van der Waals surface area contributed by atoms with Gasteiger partial charge in [0.05, 0.1) is 31.8 Å². The molecule has 110 valence electrons. The molecule has 0 aromatic heterocycles. The summed E-state index contributed by atoms with van der Waals surface area (Å²) in [7, 11) is -6.69. The van der Waals surface area contributed by atoms with E-state index in [0.717, 1.165) is 6.26 Å². The second-order valence-corrected chi connectivity index (χ2v) is 7.33. The molecular formula is C8H20N2O6S2. The topological polar surface area (TPSA) is 122 Å². The van der Waals surface area contributed by atoms with Crippen LogP contribution in [0.2, 0.25) is 0 Å². The summed E-state index contributed by atoms with van der Waals surface area (Å²) in [5.41, 5.74) is 0. The molecule has 0 spiro atoms. The largest absolute Gasteiger partial charge is 0.394 e. The maximum atomic E-state index is 11.4. The van der Waals surface area contributed by atoms with Crippen LogP contribution in [0.15, 0.2) is 0 Å². The zero-order valence-electron chi connectivity index (χ0n) is 10.3. The van der Waals surface area contributed by atoms with E-state index in [9.17, 15) is 16.8 Å². The van der Waals surface area contributed by atoms with Crippen LogP contribution in [0.5, 0.6) is 0 Å². The molecule has 0 amide bonds. The van der Waals surface area contributed by atoms with Gasteiger partial charge in [0.15, 0.2) is 0 Å². The van der Waals surface area contributed by atoms with Crippen LogP contribution in [0.4, 0.5) is 0 Å². The zero-order valence-corrected chi connectivity index (χ0v) is 11.9. The Morgan fingerprint density at radius 3 is 2.28 bits per heavy atom. The summed E-state index contributed by atoms with van der Waals surface area (Å²) in [6.45, 7) is 0.452. The molecule has 8 nitrogen and oxygen atoms in total. The highest BCUT2D eigenvalue weighted by molar-refractivity contribution is 7.89. The summed E-state index contributed by atoms with van der Waals surface area (Å²) >= 11 is 0. The summed E-state index contributed by atoms with van der Waals surface area (Å²) in [6, 6.07) is 0. The first-order valence-corrected chi connectivity index (χ1v) is 8.92. The number of rotatable bonds is 11. The van der Waals surface area contributed by atoms with Crippen molar-refractivity contribution in [2.75, 3.05) is 44.9 Å². The van der Waals surface area contributed by atoms with Gasteiger partial charge >= 0.3 is 0 Å². The fourth-order valence-electron chi connectivity index (χ4n) is 1.03. The van der Waals surface area contributed by atoms with E-state index in [0.29, 0.717) is 0 Å². The number of nitrogens with one attached hydrogen (secondary N) is 2. The van der Waals surface area contributed by atoms with Crippen LogP contribution < -0.4 is 9.44 Å². The third-order valence-corrected chi connectivity index (χ3v) is 3.96. The zero-order chi connectivity index (χ0) is 14.1. The summed E-state index contributed by atoms with van der Waals surface area (Å²) in [5.74, 6) is -0.157. The van der Waals surface area contributed by atoms with Crippen LogP contribution in [0.25, 0.3) is 0 Å². The van der Waals surface area contributed by atoms with E-state index in [1.54, 1.807) is 0 Å². The van der Waals surface area contributed by atoms with Crippen molar-refractivity contribution in [3.05, 3.63) is 0 Å². The highest BCUT2D eigenvalue weighted by atomic mass is 32.2. The Morgan fingerprint density at radius 2 is 1.72 bits per heavy atom. The standard InChI is InChI=1S/C8H20N2O6S2/c1-17(12,13)9-3-2-8-18(14,15)10-4-6-16-7-5-11/h9-11H,2-8H2,1H3. The van der Waals surface area contributed by atoms with Crippen LogP contribution in [0.1, 0.15) is 6.42 Å². The molecular weight excluding hydrogens is 284 g/mol. The minimum Gasteiger partial charge on any atom is -0.394 e. The van der Waals surface area contributed by atoms with E-state index in [-0.39, 0.29) is 45.1 Å². The first-order valence-electron chi connectivity index (χ1n) is 5.37. The second kappa shape index (κ2) is 8.77. The summed E-state index contributed by atoms with van der Waals surface area (Å²) < 4.78 is 53.6. The SMILES string of the molecule is CS(=O)(=O)NCCCS(=O)(=O)NCCOCCO. The van der Waals surface area contributed by atoms with Crippen molar-refractivity contribution in [2.24, 2.45) is 0 Å². The van der Waals surface area contributed by atoms with E-state index in [4.69, 9.17) is 9.84 Å². The van der Waals surface area contributed by atoms with Crippen molar-refractivity contribution in [1.29, 1.82) is 0 Å². The Bertz CT molecular complexity index is 405. The Labute approximate surface area is 108 Å². The molecule has 3 N–H and O–H groups in total. The lowest BCUT2D eigenvalue weighted by Gasteiger charge is -2.07. The van der Waals surface area contributed by atoms with Gasteiger partial charge in [0.1, 0.15) is 0 Å². The quantitative estimate of drug-likeness (QED) is 0.374. The molecule has 0 unspecified atom stereocenters. The first-order chi connectivity index (χ1) is 8.27. The molecule has 10 heteroatoms. The summed E-state index contributed by atoms with van der Waals surface area (Å²) in [4.78, 5) is 0. The van der Waals surface area contributed by atoms with Gasteiger partial charge in [-0.3, -0.25) is 0 Å². The highest BCUT2D eigenvalue weighted by Gasteiger charge is 2.09. The lowest BCUT2D eigenvalue weighted by Crippen LogP contribution is -2.32. The molecule has 0 heterocycles. The van der Waals surface area contributed by atoms with Gasteiger partial charge < -0.3 is 9.84 Å². The number of ether oxygens (including phenoxy) is 1. The number of sulfonamides is 2. The van der Waals surface area contributed by atoms with Gasteiger partial charge in [-0.15, -0.1) is 0 Å². The number of aliphatic hydroxyl groups is 1. The average molecular weight is 304 g/mol. The third-order valence-electron chi connectivity index (χ3n) is 1.76. The van der Waals surface area contributed by atoms with Crippen molar-refractivity contribution in [2.45, 2.75) is 6.42 Å². The highest BCUT2D eigenvalue weighted by Crippen LogP contribution is 1.89. The Hall–Kier alpha value is -0.260. The molecule has 0 aliphatic carbocycles. The van der Waals surface area contributed by atoms with Crippen molar-refractivity contribution < 1.29 is 26.7 Å². The fourth-order valence-corrected chi connectivity index (χ4v) is 2.61. The average Bonchev–Trinajstić information content (AvgIpc) is 2.23. The summed E-state index contributed by atoms with van der Waals surface area (Å²) in [5, 5.41) is 8.41. The predicted molar refractivity (Wildman–Crippen MR) is 67.2 cm³/mol. The normalized spacial score (nSPS) is 12.8. The van der Waals surface area contributed by atoms with Crippen LogP contribution in [-0.2, 0) is 24.8 Å². The van der Waals surface area contributed by atoms with E-state index in [1.165, 1.54) is 0 Å².